The highest BCUT2D eigenvalue weighted by atomic mass is 32.2. The molecule has 0 aliphatic heterocycles. The Morgan fingerprint density at radius 3 is 2.39 bits per heavy atom. The lowest BCUT2D eigenvalue weighted by Crippen LogP contribution is -2.38. The van der Waals surface area contributed by atoms with Crippen LogP contribution in [0.3, 0.4) is 0 Å². The summed E-state index contributed by atoms with van der Waals surface area (Å²) in [5.74, 6) is 1.77. The number of thioether (sulfide) groups is 1. The van der Waals surface area contributed by atoms with Crippen LogP contribution >= 0.6 is 11.8 Å². The third-order valence-electron chi connectivity index (χ3n) is 4.77. The third kappa shape index (κ3) is 3.90. The summed E-state index contributed by atoms with van der Waals surface area (Å²) in [5, 5.41) is 4.81. The second-order valence-electron chi connectivity index (χ2n) is 8.17. The van der Waals surface area contributed by atoms with Gasteiger partial charge in [-0.15, -0.1) is 0 Å². The van der Waals surface area contributed by atoms with E-state index in [-0.39, 0.29) is 5.41 Å². The molecule has 4 aromatic rings. The Hall–Kier alpha value is -3.27. The molecule has 0 spiro atoms. The van der Waals surface area contributed by atoms with Crippen LogP contribution in [0.15, 0.2) is 49.5 Å². The van der Waals surface area contributed by atoms with Crippen molar-refractivity contribution in [3.05, 3.63) is 62.9 Å². The molecule has 10 heteroatoms. The number of fused-ring (bicyclic) bond motifs is 1. The van der Waals surface area contributed by atoms with Crippen molar-refractivity contribution in [2.24, 2.45) is 14.1 Å². The Kier molecular flexibility index (Phi) is 5.26. The predicted octanol–water partition coefficient (Wildman–Crippen LogP) is 2.67. The first-order chi connectivity index (χ1) is 14.7. The molecule has 0 radical (unpaired) electrons. The van der Waals surface area contributed by atoms with E-state index in [1.807, 2.05) is 51.1 Å². The van der Waals surface area contributed by atoms with Gasteiger partial charge in [0.2, 0.25) is 11.7 Å². The van der Waals surface area contributed by atoms with Crippen molar-refractivity contribution in [2.45, 2.75) is 37.0 Å². The molecule has 0 atom stereocenters. The number of aromatic nitrogens is 6. The van der Waals surface area contributed by atoms with Gasteiger partial charge in [0.25, 0.3) is 5.56 Å². The molecule has 160 valence electrons. The smallest absolute Gasteiger partial charge is 0.332 e. The summed E-state index contributed by atoms with van der Waals surface area (Å²) in [6, 6.07) is 9.53. The van der Waals surface area contributed by atoms with E-state index in [1.165, 1.54) is 23.4 Å². The van der Waals surface area contributed by atoms with Gasteiger partial charge in [-0.05, 0) is 0 Å². The Labute approximate surface area is 182 Å². The van der Waals surface area contributed by atoms with E-state index in [9.17, 15) is 9.59 Å². The molecule has 0 saturated carbocycles. The summed E-state index contributed by atoms with van der Waals surface area (Å²) in [4.78, 5) is 38.9. The molecule has 3 heterocycles. The number of nitrogens with zero attached hydrogens (tertiary/aromatic N) is 6. The molecule has 1 aromatic carbocycles. The first-order valence-corrected chi connectivity index (χ1v) is 10.6. The molecule has 0 unspecified atom stereocenters. The quantitative estimate of drug-likeness (QED) is 0.353. The molecular formula is C21H22N6O3S. The monoisotopic (exact) mass is 438 g/mol. The van der Waals surface area contributed by atoms with E-state index < -0.39 is 11.2 Å². The van der Waals surface area contributed by atoms with Crippen LogP contribution in [-0.4, -0.2) is 29.2 Å². The lowest BCUT2D eigenvalue weighted by atomic mass is 9.96. The van der Waals surface area contributed by atoms with Crippen LogP contribution in [-0.2, 0) is 25.3 Å². The minimum absolute atomic E-state index is 0.297. The van der Waals surface area contributed by atoms with E-state index in [0.717, 1.165) is 10.1 Å². The van der Waals surface area contributed by atoms with Gasteiger partial charge in [0, 0.05) is 25.1 Å². The lowest BCUT2D eigenvalue weighted by molar-refractivity contribution is 0.391. The standard InChI is InChI=1S/C21H22N6O3S/c1-21(2,3)19-23-16-14(18(28)27(5)20(29)26(16)4)17(24-19)31-11-13-22-15(25-30-13)12-9-7-6-8-10-12/h6-10H,11H2,1-5H3. The zero-order valence-corrected chi connectivity index (χ0v) is 18.7. The van der Waals surface area contributed by atoms with E-state index in [0.29, 0.717) is 39.4 Å². The predicted molar refractivity (Wildman–Crippen MR) is 118 cm³/mol. The van der Waals surface area contributed by atoms with Gasteiger partial charge in [-0.25, -0.2) is 14.8 Å². The zero-order valence-electron chi connectivity index (χ0n) is 17.9. The number of hydrogen-bond donors (Lipinski definition) is 0. The van der Waals surface area contributed by atoms with E-state index >= 15 is 0 Å². The fourth-order valence-corrected chi connectivity index (χ4v) is 3.87. The normalized spacial score (nSPS) is 11.9. The zero-order chi connectivity index (χ0) is 22.3. The Morgan fingerprint density at radius 1 is 1.00 bits per heavy atom. The molecule has 0 aliphatic rings. The summed E-state index contributed by atoms with van der Waals surface area (Å²) >= 11 is 1.30. The summed E-state index contributed by atoms with van der Waals surface area (Å²) < 4.78 is 7.82. The number of aryl methyl sites for hydroxylation is 1. The van der Waals surface area contributed by atoms with Gasteiger partial charge >= 0.3 is 5.69 Å². The van der Waals surface area contributed by atoms with Crippen LogP contribution in [0.5, 0.6) is 0 Å². The summed E-state index contributed by atoms with van der Waals surface area (Å²) in [5.41, 5.74) is -0.0705. The minimum Gasteiger partial charge on any atom is -0.338 e. The van der Waals surface area contributed by atoms with Crippen molar-refractivity contribution in [2.75, 3.05) is 0 Å². The second kappa shape index (κ2) is 7.77. The molecule has 0 amide bonds. The Morgan fingerprint density at radius 2 is 1.71 bits per heavy atom. The highest BCUT2D eigenvalue weighted by molar-refractivity contribution is 7.98. The van der Waals surface area contributed by atoms with E-state index in [2.05, 4.69) is 20.1 Å². The van der Waals surface area contributed by atoms with Crippen molar-refractivity contribution in [1.82, 2.24) is 29.2 Å². The van der Waals surface area contributed by atoms with Gasteiger partial charge in [0.15, 0.2) is 5.65 Å². The summed E-state index contributed by atoms with van der Waals surface area (Å²) in [6.45, 7) is 5.93. The molecule has 0 fully saturated rings. The summed E-state index contributed by atoms with van der Waals surface area (Å²) in [6.07, 6.45) is 0. The van der Waals surface area contributed by atoms with Crippen molar-refractivity contribution in [3.8, 4) is 11.4 Å². The van der Waals surface area contributed by atoms with Crippen molar-refractivity contribution >= 4 is 22.8 Å². The van der Waals surface area contributed by atoms with Gasteiger partial charge in [-0.2, -0.15) is 4.98 Å². The van der Waals surface area contributed by atoms with E-state index in [1.54, 1.807) is 7.05 Å². The lowest BCUT2D eigenvalue weighted by Gasteiger charge is -2.19. The molecule has 9 nitrogen and oxygen atoms in total. The average Bonchev–Trinajstić information content (AvgIpc) is 3.23. The van der Waals surface area contributed by atoms with Gasteiger partial charge in [0.1, 0.15) is 16.2 Å². The van der Waals surface area contributed by atoms with Crippen molar-refractivity contribution in [1.29, 1.82) is 0 Å². The van der Waals surface area contributed by atoms with Crippen LogP contribution in [0, 0.1) is 0 Å². The van der Waals surface area contributed by atoms with Crippen LogP contribution in [0.1, 0.15) is 32.5 Å². The van der Waals surface area contributed by atoms with Gasteiger partial charge in [-0.1, -0.05) is 68.0 Å². The fourth-order valence-electron chi connectivity index (χ4n) is 3.02. The highest BCUT2D eigenvalue weighted by Gasteiger charge is 2.24. The maximum absolute atomic E-state index is 12.9. The second-order valence-corrected chi connectivity index (χ2v) is 9.14. The molecule has 31 heavy (non-hydrogen) atoms. The van der Waals surface area contributed by atoms with Gasteiger partial charge in [-0.3, -0.25) is 13.9 Å². The maximum Gasteiger partial charge on any atom is 0.332 e. The van der Waals surface area contributed by atoms with Crippen LogP contribution in [0.4, 0.5) is 0 Å². The largest absolute Gasteiger partial charge is 0.338 e. The van der Waals surface area contributed by atoms with Crippen molar-refractivity contribution in [3.63, 3.8) is 0 Å². The van der Waals surface area contributed by atoms with Crippen LogP contribution in [0.2, 0.25) is 0 Å². The number of hydrogen-bond acceptors (Lipinski definition) is 8. The first kappa shape index (κ1) is 21.0. The van der Waals surface area contributed by atoms with Crippen molar-refractivity contribution < 1.29 is 4.52 Å². The molecular weight excluding hydrogens is 416 g/mol. The Balaban J connectivity index is 1.77. The van der Waals surface area contributed by atoms with E-state index in [4.69, 9.17) is 4.52 Å². The molecule has 0 bridgehead atoms. The average molecular weight is 439 g/mol. The Bertz CT molecular complexity index is 1380. The molecule has 0 N–H and O–H groups in total. The maximum atomic E-state index is 12.9. The molecule has 4 rings (SSSR count). The molecule has 3 aromatic heterocycles. The topological polar surface area (TPSA) is 109 Å². The fraction of sp³-hybridized carbons (Fsp3) is 0.333. The minimum atomic E-state index is -0.434. The van der Waals surface area contributed by atoms with Crippen LogP contribution in [0.25, 0.3) is 22.4 Å². The molecule has 0 saturated heterocycles. The third-order valence-corrected chi connectivity index (χ3v) is 5.73. The number of benzene rings is 1. The van der Waals surface area contributed by atoms with Gasteiger partial charge < -0.3 is 4.52 Å². The summed E-state index contributed by atoms with van der Waals surface area (Å²) in [7, 11) is 3.04. The van der Waals surface area contributed by atoms with Gasteiger partial charge in [0.05, 0.1) is 5.75 Å². The molecule has 0 aliphatic carbocycles. The number of rotatable bonds is 4. The first-order valence-electron chi connectivity index (χ1n) is 9.66. The SMILES string of the molecule is Cn1c(=O)c2c(SCc3nc(-c4ccccc4)no3)nc(C(C)(C)C)nc2n(C)c1=O. The van der Waals surface area contributed by atoms with Crippen LogP contribution < -0.4 is 11.2 Å². The highest BCUT2D eigenvalue weighted by Crippen LogP contribution is 2.29.